The first-order valence-corrected chi connectivity index (χ1v) is 8.51. The van der Waals surface area contributed by atoms with Gasteiger partial charge in [0, 0.05) is 29.7 Å². The molecule has 1 aromatic heterocycles. The maximum absolute atomic E-state index is 11.6. The SMILES string of the molecule is CNC(=O)c1ccc(CN(C)Cc2nc(-c3ccc(Cl)cc3)no2)cc1. The van der Waals surface area contributed by atoms with Gasteiger partial charge >= 0.3 is 0 Å². The number of nitrogens with zero attached hydrogens (tertiary/aromatic N) is 3. The number of hydrogen-bond acceptors (Lipinski definition) is 5. The Kier molecular flexibility index (Phi) is 5.65. The molecule has 0 fully saturated rings. The van der Waals surface area contributed by atoms with E-state index in [1.807, 2.05) is 43.4 Å². The van der Waals surface area contributed by atoms with Gasteiger partial charge in [0.05, 0.1) is 6.54 Å². The highest BCUT2D eigenvalue weighted by molar-refractivity contribution is 6.30. The standard InChI is InChI=1S/C19H19ClN4O2/c1-21-19(25)15-5-3-13(4-6-15)11-24(2)12-17-22-18(23-26-17)14-7-9-16(20)10-8-14/h3-10H,11-12H2,1-2H3,(H,21,25). The highest BCUT2D eigenvalue weighted by Crippen LogP contribution is 2.19. The Morgan fingerprint density at radius 1 is 1.12 bits per heavy atom. The third-order valence-electron chi connectivity index (χ3n) is 3.87. The van der Waals surface area contributed by atoms with E-state index < -0.39 is 0 Å². The molecule has 3 rings (SSSR count). The van der Waals surface area contributed by atoms with E-state index in [9.17, 15) is 4.79 Å². The van der Waals surface area contributed by atoms with Gasteiger partial charge in [-0.3, -0.25) is 9.69 Å². The van der Waals surface area contributed by atoms with Gasteiger partial charge in [-0.1, -0.05) is 28.9 Å². The second-order valence-corrected chi connectivity index (χ2v) is 6.40. The number of benzene rings is 2. The van der Waals surface area contributed by atoms with Gasteiger partial charge in [-0.15, -0.1) is 0 Å². The van der Waals surface area contributed by atoms with Crippen molar-refractivity contribution in [1.82, 2.24) is 20.4 Å². The summed E-state index contributed by atoms with van der Waals surface area (Å²) in [4.78, 5) is 18.1. The number of hydrogen-bond donors (Lipinski definition) is 1. The highest BCUT2D eigenvalue weighted by Gasteiger charge is 2.11. The molecule has 3 aromatic rings. The maximum Gasteiger partial charge on any atom is 0.251 e. The lowest BCUT2D eigenvalue weighted by molar-refractivity contribution is 0.0963. The van der Waals surface area contributed by atoms with Gasteiger partial charge in [0.2, 0.25) is 11.7 Å². The summed E-state index contributed by atoms with van der Waals surface area (Å²) in [6.45, 7) is 1.23. The van der Waals surface area contributed by atoms with Crippen molar-refractivity contribution in [3.63, 3.8) is 0 Å². The van der Waals surface area contributed by atoms with Gasteiger partial charge in [-0.25, -0.2) is 0 Å². The van der Waals surface area contributed by atoms with Crippen LogP contribution in [0.3, 0.4) is 0 Å². The van der Waals surface area contributed by atoms with Gasteiger partial charge in [-0.05, 0) is 49.0 Å². The summed E-state index contributed by atoms with van der Waals surface area (Å²) in [5.41, 5.74) is 2.60. The molecule has 26 heavy (non-hydrogen) atoms. The van der Waals surface area contributed by atoms with Crippen LogP contribution in [0.5, 0.6) is 0 Å². The zero-order valence-corrected chi connectivity index (χ0v) is 15.3. The van der Waals surface area contributed by atoms with Gasteiger partial charge in [-0.2, -0.15) is 4.98 Å². The molecule has 0 radical (unpaired) electrons. The lowest BCUT2D eigenvalue weighted by Gasteiger charge is -2.14. The van der Waals surface area contributed by atoms with Crippen molar-refractivity contribution in [2.45, 2.75) is 13.1 Å². The molecule has 7 heteroatoms. The molecule has 6 nitrogen and oxygen atoms in total. The van der Waals surface area contributed by atoms with E-state index in [0.29, 0.717) is 35.4 Å². The molecule has 0 atom stereocenters. The van der Waals surface area contributed by atoms with Crippen molar-refractivity contribution in [2.75, 3.05) is 14.1 Å². The van der Waals surface area contributed by atoms with Crippen LogP contribution in [0.25, 0.3) is 11.4 Å². The fourth-order valence-corrected chi connectivity index (χ4v) is 2.67. The van der Waals surface area contributed by atoms with Crippen LogP contribution in [0, 0.1) is 0 Å². The van der Waals surface area contributed by atoms with Crippen LogP contribution in [0.15, 0.2) is 53.1 Å². The molecule has 0 saturated carbocycles. The van der Waals surface area contributed by atoms with Crippen LogP contribution in [0.4, 0.5) is 0 Å². The minimum atomic E-state index is -0.0921. The third-order valence-corrected chi connectivity index (χ3v) is 4.12. The molecule has 0 spiro atoms. The average Bonchev–Trinajstić information content (AvgIpc) is 3.10. The Balaban J connectivity index is 1.60. The summed E-state index contributed by atoms with van der Waals surface area (Å²) in [5, 5.41) is 7.29. The quantitative estimate of drug-likeness (QED) is 0.720. The van der Waals surface area contributed by atoms with Crippen LogP contribution in [0.1, 0.15) is 21.8 Å². The van der Waals surface area contributed by atoms with Crippen molar-refractivity contribution >= 4 is 17.5 Å². The molecule has 2 aromatic carbocycles. The Morgan fingerprint density at radius 2 is 1.81 bits per heavy atom. The van der Waals surface area contributed by atoms with Gasteiger partial charge in [0.25, 0.3) is 5.91 Å². The van der Waals surface area contributed by atoms with E-state index in [4.69, 9.17) is 16.1 Å². The van der Waals surface area contributed by atoms with E-state index in [0.717, 1.165) is 11.1 Å². The second kappa shape index (κ2) is 8.12. The van der Waals surface area contributed by atoms with Gasteiger partial charge < -0.3 is 9.84 Å². The summed E-state index contributed by atoms with van der Waals surface area (Å²) in [5.74, 6) is 0.991. The van der Waals surface area contributed by atoms with Crippen molar-refractivity contribution < 1.29 is 9.32 Å². The Morgan fingerprint density at radius 3 is 2.46 bits per heavy atom. The number of carbonyl (C=O) groups excluding carboxylic acids is 1. The maximum atomic E-state index is 11.6. The molecule has 1 N–H and O–H groups in total. The number of halogens is 1. The topological polar surface area (TPSA) is 71.3 Å². The molecule has 0 saturated heterocycles. The second-order valence-electron chi connectivity index (χ2n) is 5.97. The van der Waals surface area contributed by atoms with Crippen molar-refractivity contribution in [1.29, 1.82) is 0 Å². The largest absolute Gasteiger partial charge is 0.355 e. The zero-order valence-electron chi connectivity index (χ0n) is 14.6. The number of amides is 1. The van der Waals surface area contributed by atoms with E-state index >= 15 is 0 Å². The van der Waals surface area contributed by atoms with E-state index in [1.54, 1.807) is 19.2 Å². The molecule has 134 valence electrons. The summed E-state index contributed by atoms with van der Waals surface area (Å²) in [6, 6.07) is 14.8. The number of rotatable bonds is 6. The van der Waals surface area contributed by atoms with Crippen LogP contribution in [0.2, 0.25) is 5.02 Å². The number of carbonyl (C=O) groups is 1. The predicted molar refractivity (Wildman–Crippen MR) is 99.7 cm³/mol. The smallest absolute Gasteiger partial charge is 0.251 e. The fraction of sp³-hybridized carbons (Fsp3) is 0.211. The van der Waals surface area contributed by atoms with E-state index in [2.05, 4.69) is 20.4 Å². The average molecular weight is 371 g/mol. The van der Waals surface area contributed by atoms with Crippen LogP contribution in [-0.2, 0) is 13.1 Å². The lowest BCUT2D eigenvalue weighted by atomic mass is 10.1. The fourth-order valence-electron chi connectivity index (χ4n) is 2.54. The molecule has 1 heterocycles. The zero-order chi connectivity index (χ0) is 18.5. The molecular weight excluding hydrogens is 352 g/mol. The molecule has 0 aliphatic heterocycles. The first-order chi connectivity index (χ1) is 12.5. The van der Waals surface area contributed by atoms with Crippen molar-refractivity contribution in [3.05, 3.63) is 70.6 Å². The number of nitrogens with one attached hydrogen (secondary N) is 1. The third kappa shape index (κ3) is 4.47. The summed E-state index contributed by atoms with van der Waals surface area (Å²) >= 11 is 5.89. The summed E-state index contributed by atoms with van der Waals surface area (Å²) in [7, 11) is 3.59. The normalized spacial score (nSPS) is 10.9. The van der Waals surface area contributed by atoms with Crippen molar-refractivity contribution in [2.24, 2.45) is 0 Å². The number of aromatic nitrogens is 2. The van der Waals surface area contributed by atoms with Crippen LogP contribution < -0.4 is 5.32 Å². The van der Waals surface area contributed by atoms with Crippen LogP contribution in [-0.4, -0.2) is 35.0 Å². The van der Waals surface area contributed by atoms with Gasteiger partial charge in [0.15, 0.2) is 0 Å². The molecular formula is C19H19ClN4O2. The molecule has 0 bridgehead atoms. The lowest BCUT2D eigenvalue weighted by Crippen LogP contribution is -2.19. The van der Waals surface area contributed by atoms with Gasteiger partial charge in [0.1, 0.15) is 0 Å². The van der Waals surface area contributed by atoms with E-state index in [-0.39, 0.29) is 5.91 Å². The molecule has 0 unspecified atom stereocenters. The molecule has 0 aliphatic rings. The monoisotopic (exact) mass is 370 g/mol. The van der Waals surface area contributed by atoms with Crippen molar-refractivity contribution in [3.8, 4) is 11.4 Å². The van der Waals surface area contributed by atoms with Crippen LogP contribution >= 0.6 is 11.6 Å². The Hall–Kier alpha value is -2.70. The van der Waals surface area contributed by atoms with E-state index in [1.165, 1.54) is 0 Å². The molecule has 0 aliphatic carbocycles. The first-order valence-electron chi connectivity index (χ1n) is 8.13. The first kappa shape index (κ1) is 18.1. The summed E-state index contributed by atoms with van der Waals surface area (Å²) in [6.07, 6.45) is 0. The highest BCUT2D eigenvalue weighted by atomic mass is 35.5. The predicted octanol–water partition coefficient (Wildman–Crippen LogP) is 3.38. The summed E-state index contributed by atoms with van der Waals surface area (Å²) < 4.78 is 5.33. The molecule has 1 amide bonds. The Bertz CT molecular complexity index is 875. The minimum absolute atomic E-state index is 0.0921. The Labute approximate surface area is 156 Å². The minimum Gasteiger partial charge on any atom is -0.355 e.